The number of hydrogen-bond donors (Lipinski definition) is 0. The van der Waals surface area contributed by atoms with Gasteiger partial charge in [0.05, 0.1) is 6.54 Å². The third-order valence-electron chi connectivity index (χ3n) is 4.07. The number of aromatic nitrogens is 3. The first kappa shape index (κ1) is 14.5. The maximum atomic E-state index is 13.8. The van der Waals surface area contributed by atoms with E-state index in [1.165, 1.54) is 12.5 Å². The highest BCUT2D eigenvalue weighted by molar-refractivity contribution is 6.31. The van der Waals surface area contributed by atoms with Gasteiger partial charge >= 0.3 is 0 Å². The Morgan fingerprint density at radius 1 is 1.38 bits per heavy atom. The van der Waals surface area contributed by atoms with Crippen molar-refractivity contribution in [3.63, 3.8) is 0 Å². The molecular formula is C15H18ClFN4. The van der Waals surface area contributed by atoms with Gasteiger partial charge in [-0.2, -0.15) is 5.10 Å². The van der Waals surface area contributed by atoms with Gasteiger partial charge in [0, 0.05) is 23.2 Å². The summed E-state index contributed by atoms with van der Waals surface area (Å²) >= 11 is 6.09. The molecule has 1 aliphatic heterocycles. The summed E-state index contributed by atoms with van der Waals surface area (Å²) in [6.07, 6.45) is 6.25. The van der Waals surface area contributed by atoms with E-state index in [1.807, 2.05) is 4.68 Å². The monoisotopic (exact) mass is 308 g/mol. The molecule has 2 heterocycles. The Morgan fingerprint density at radius 3 is 3.05 bits per heavy atom. The van der Waals surface area contributed by atoms with Crippen LogP contribution in [0.1, 0.15) is 18.4 Å². The Morgan fingerprint density at radius 2 is 2.29 bits per heavy atom. The lowest BCUT2D eigenvalue weighted by atomic mass is 10.1. The molecule has 1 aromatic carbocycles. The molecule has 1 atom stereocenters. The maximum Gasteiger partial charge on any atom is 0.137 e. The van der Waals surface area contributed by atoms with E-state index in [9.17, 15) is 4.39 Å². The van der Waals surface area contributed by atoms with Gasteiger partial charge in [-0.1, -0.05) is 17.7 Å². The predicted octanol–water partition coefficient (Wildman–Crippen LogP) is 2.78. The highest BCUT2D eigenvalue weighted by atomic mass is 35.5. The van der Waals surface area contributed by atoms with E-state index in [2.05, 4.69) is 15.0 Å². The Kier molecular flexibility index (Phi) is 4.51. The summed E-state index contributed by atoms with van der Waals surface area (Å²) in [6, 6.07) is 5.30. The van der Waals surface area contributed by atoms with E-state index >= 15 is 0 Å². The number of nitrogens with zero attached hydrogens (tertiary/aromatic N) is 4. The molecule has 1 fully saturated rings. The number of halogens is 2. The molecule has 0 spiro atoms. The topological polar surface area (TPSA) is 34.0 Å². The van der Waals surface area contributed by atoms with E-state index in [1.54, 1.807) is 24.8 Å². The second-order valence-corrected chi connectivity index (χ2v) is 5.81. The Balaban J connectivity index is 1.61. The molecule has 1 aromatic heterocycles. The van der Waals surface area contributed by atoms with Crippen LogP contribution in [-0.4, -0.2) is 38.8 Å². The molecular weight excluding hydrogens is 291 g/mol. The van der Waals surface area contributed by atoms with Crippen molar-refractivity contribution in [1.82, 2.24) is 19.7 Å². The van der Waals surface area contributed by atoms with Crippen molar-refractivity contribution >= 4 is 11.6 Å². The minimum absolute atomic E-state index is 0.213. The Hall–Kier alpha value is -1.46. The largest absolute Gasteiger partial charge is 0.298 e. The summed E-state index contributed by atoms with van der Waals surface area (Å²) in [5, 5.41) is 4.67. The van der Waals surface area contributed by atoms with Crippen molar-refractivity contribution in [3.8, 4) is 0 Å². The molecule has 4 nitrogen and oxygen atoms in total. The smallest absolute Gasteiger partial charge is 0.137 e. The molecule has 0 unspecified atom stereocenters. The van der Waals surface area contributed by atoms with Crippen molar-refractivity contribution in [2.45, 2.75) is 31.8 Å². The van der Waals surface area contributed by atoms with Gasteiger partial charge in [-0.05, 0) is 37.9 Å². The summed E-state index contributed by atoms with van der Waals surface area (Å²) in [6.45, 7) is 2.70. The first-order valence-corrected chi connectivity index (χ1v) is 7.61. The second kappa shape index (κ2) is 6.54. The van der Waals surface area contributed by atoms with Gasteiger partial charge in [0.15, 0.2) is 0 Å². The molecule has 1 saturated heterocycles. The first-order valence-electron chi connectivity index (χ1n) is 7.23. The standard InChI is InChI=1S/C15H18ClFN4/c16-14-4-1-5-15(17)13(14)6-8-20-7-2-3-12(20)9-21-11-18-10-19-21/h1,4-5,10-12H,2-3,6-9H2/t12-/m0/s1. The molecule has 2 aromatic rings. The average molecular weight is 309 g/mol. The van der Waals surface area contributed by atoms with Crippen molar-refractivity contribution in [3.05, 3.63) is 47.3 Å². The van der Waals surface area contributed by atoms with E-state index in [-0.39, 0.29) is 5.82 Å². The van der Waals surface area contributed by atoms with Crippen LogP contribution in [0.15, 0.2) is 30.9 Å². The quantitative estimate of drug-likeness (QED) is 0.852. The number of likely N-dealkylation sites (tertiary alicyclic amines) is 1. The third kappa shape index (κ3) is 3.41. The Bertz CT molecular complexity index is 567. The van der Waals surface area contributed by atoms with Crippen LogP contribution in [0.25, 0.3) is 0 Å². The number of hydrogen-bond acceptors (Lipinski definition) is 3. The molecule has 0 saturated carbocycles. The van der Waals surface area contributed by atoms with Crippen molar-refractivity contribution in [2.24, 2.45) is 0 Å². The summed E-state index contributed by atoms with van der Waals surface area (Å²) in [5.41, 5.74) is 0.616. The predicted molar refractivity (Wildman–Crippen MR) is 79.7 cm³/mol. The highest BCUT2D eigenvalue weighted by Gasteiger charge is 2.25. The molecule has 0 radical (unpaired) electrons. The van der Waals surface area contributed by atoms with Crippen LogP contribution in [0.3, 0.4) is 0 Å². The second-order valence-electron chi connectivity index (χ2n) is 5.40. The molecule has 0 amide bonds. The lowest BCUT2D eigenvalue weighted by Crippen LogP contribution is -2.34. The van der Waals surface area contributed by atoms with Gasteiger partial charge in [0.1, 0.15) is 18.5 Å². The molecule has 1 aliphatic rings. The van der Waals surface area contributed by atoms with Gasteiger partial charge in [-0.15, -0.1) is 0 Å². The molecule has 3 rings (SSSR count). The fourth-order valence-electron chi connectivity index (χ4n) is 2.97. The maximum absolute atomic E-state index is 13.8. The van der Waals surface area contributed by atoms with E-state index in [0.29, 0.717) is 23.0 Å². The van der Waals surface area contributed by atoms with Gasteiger partial charge < -0.3 is 0 Å². The summed E-state index contributed by atoms with van der Waals surface area (Å²) in [7, 11) is 0. The minimum atomic E-state index is -0.213. The van der Waals surface area contributed by atoms with Crippen LogP contribution < -0.4 is 0 Å². The van der Waals surface area contributed by atoms with Crippen molar-refractivity contribution in [1.29, 1.82) is 0 Å². The fourth-order valence-corrected chi connectivity index (χ4v) is 3.22. The van der Waals surface area contributed by atoms with Gasteiger partial charge in [-0.25, -0.2) is 9.37 Å². The zero-order chi connectivity index (χ0) is 14.7. The van der Waals surface area contributed by atoms with E-state index in [0.717, 1.165) is 26.1 Å². The lowest BCUT2D eigenvalue weighted by molar-refractivity contribution is 0.229. The summed E-state index contributed by atoms with van der Waals surface area (Å²) < 4.78 is 15.7. The Labute approximate surface area is 128 Å². The van der Waals surface area contributed by atoms with Crippen molar-refractivity contribution in [2.75, 3.05) is 13.1 Å². The summed E-state index contributed by atoms with van der Waals surface area (Å²) in [5.74, 6) is -0.213. The number of benzene rings is 1. The van der Waals surface area contributed by atoms with Crippen LogP contribution in [0.5, 0.6) is 0 Å². The zero-order valence-corrected chi connectivity index (χ0v) is 12.5. The van der Waals surface area contributed by atoms with Gasteiger partial charge in [-0.3, -0.25) is 9.58 Å². The van der Waals surface area contributed by atoms with Crippen LogP contribution >= 0.6 is 11.6 Å². The van der Waals surface area contributed by atoms with Crippen LogP contribution in [-0.2, 0) is 13.0 Å². The zero-order valence-electron chi connectivity index (χ0n) is 11.8. The molecule has 0 bridgehead atoms. The SMILES string of the molecule is Fc1cccc(Cl)c1CCN1CCC[C@H]1Cn1cncn1. The first-order chi connectivity index (χ1) is 10.2. The minimum Gasteiger partial charge on any atom is -0.298 e. The van der Waals surface area contributed by atoms with Crippen molar-refractivity contribution < 1.29 is 4.39 Å². The molecule has 21 heavy (non-hydrogen) atoms. The normalized spacial score (nSPS) is 19.2. The van der Waals surface area contributed by atoms with Gasteiger partial charge in [0.25, 0.3) is 0 Å². The summed E-state index contributed by atoms with van der Waals surface area (Å²) in [4.78, 5) is 6.37. The molecule has 6 heteroatoms. The van der Waals surface area contributed by atoms with E-state index in [4.69, 9.17) is 11.6 Å². The van der Waals surface area contributed by atoms with E-state index < -0.39 is 0 Å². The lowest BCUT2D eigenvalue weighted by Gasteiger charge is -2.24. The fraction of sp³-hybridized carbons (Fsp3) is 0.467. The average Bonchev–Trinajstić information content (AvgIpc) is 3.11. The van der Waals surface area contributed by atoms with Crippen LogP contribution in [0, 0.1) is 5.82 Å². The van der Waals surface area contributed by atoms with Crippen LogP contribution in [0.2, 0.25) is 5.02 Å². The van der Waals surface area contributed by atoms with Gasteiger partial charge in [0.2, 0.25) is 0 Å². The molecule has 112 valence electrons. The molecule has 0 N–H and O–H groups in total. The van der Waals surface area contributed by atoms with Crippen LogP contribution in [0.4, 0.5) is 4.39 Å². The third-order valence-corrected chi connectivity index (χ3v) is 4.43. The highest BCUT2D eigenvalue weighted by Crippen LogP contribution is 2.23. The molecule has 0 aliphatic carbocycles. The number of rotatable bonds is 5.